The summed E-state index contributed by atoms with van der Waals surface area (Å²) in [6.45, 7) is 2.37. The van der Waals surface area contributed by atoms with Gasteiger partial charge in [0, 0.05) is 19.6 Å². The van der Waals surface area contributed by atoms with Crippen LogP contribution in [0.2, 0.25) is 0 Å². The Morgan fingerprint density at radius 1 is 1.46 bits per heavy atom. The Hall–Kier alpha value is -1.10. The van der Waals surface area contributed by atoms with E-state index in [0.29, 0.717) is 26.2 Å². The molecule has 0 bridgehead atoms. The fourth-order valence-electron chi connectivity index (χ4n) is 1.29. The van der Waals surface area contributed by atoms with Gasteiger partial charge in [-0.25, -0.2) is 0 Å². The molecule has 0 aromatic rings. The van der Waals surface area contributed by atoms with Crippen molar-refractivity contribution in [2.45, 2.75) is 12.8 Å². The zero-order valence-electron chi connectivity index (χ0n) is 7.58. The quantitative estimate of drug-likeness (QED) is 0.536. The van der Waals surface area contributed by atoms with E-state index >= 15 is 0 Å². The summed E-state index contributed by atoms with van der Waals surface area (Å²) in [6, 6.07) is 0. The van der Waals surface area contributed by atoms with E-state index in [1.807, 2.05) is 0 Å². The maximum atomic E-state index is 11.3. The Morgan fingerprint density at radius 2 is 2.23 bits per heavy atom. The molecule has 5 nitrogen and oxygen atoms in total. The molecule has 1 saturated heterocycles. The third-order valence-electron chi connectivity index (χ3n) is 2.00. The molecule has 0 unspecified atom stereocenters. The lowest BCUT2D eigenvalue weighted by Crippen LogP contribution is -2.40. The van der Waals surface area contributed by atoms with Gasteiger partial charge in [0.15, 0.2) is 0 Å². The molecule has 0 aromatic carbocycles. The molecule has 1 heterocycles. The summed E-state index contributed by atoms with van der Waals surface area (Å²) in [5, 5.41) is 2.54. The average molecular weight is 185 g/mol. The largest absolute Gasteiger partial charge is 0.348 e. The number of carbonyl (C=O) groups excluding carboxylic acids is 2. The number of nitrogens with two attached hydrogens (primary N) is 1. The zero-order valence-corrected chi connectivity index (χ0v) is 7.58. The van der Waals surface area contributed by atoms with Crippen LogP contribution in [0, 0.1) is 0 Å². The van der Waals surface area contributed by atoms with Gasteiger partial charge in [-0.2, -0.15) is 0 Å². The lowest BCUT2D eigenvalue weighted by Gasteiger charge is -2.17. The first-order valence-electron chi connectivity index (χ1n) is 4.53. The molecule has 74 valence electrons. The van der Waals surface area contributed by atoms with E-state index in [2.05, 4.69) is 5.32 Å². The van der Waals surface area contributed by atoms with Gasteiger partial charge >= 0.3 is 11.8 Å². The van der Waals surface area contributed by atoms with E-state index in [1.54, 1.807) is 4.90 Å². The van der Waals surface area contributed by atoms with Crippen molar-refractivity contribution in [3.05, 3.63) is 0 Å². The summed E-state index contributed by atoms with van der Waals surface area (Å²) >= 11 is 0. The van der Waals surface area contributed by atoms with Gasteiger partial charge in [-0.3, -0.25) is 9.59 Å². The standard InChI is InChI=1S/C8H15N3O2/c9-3-1-5-11-6-2-4-10-7(12)8(11)13/h1-6,9H2,(H,10,12). The highest BCUT2D eigenvalue weighted by Gasteiger charge is 2.23. The van der Waals surface area contributed by atoms with Crippen LogP contribution in [0.4, 0.5) is 0 Å². The van der Waals surface area contributed by atoms with Crippen molar-refractivity contribution in [1.82, 2.24) is 10.2 Å². The number of amides is 2. The third kappa shape index (κ3) is 2.69. The first-order valence-corrected chi connectivity index (χ1v) is 4.53. The molecule has 1 aliphatic heterocycles. The summed E-state index contributed by atoms with van der Waals surface area (Å²) < 4.78 is 0. The minimum absolute atomic E-state index is 0.425. The van der Waals surface area contributed by atoms with Gasteiger partial charge in [0.25, 0.3) is 0 Å². The number of carbonyl (C=O) groups is 2. The molecule has 0 saturated carbocycles. The summed E-state index contributed by atoms with van der Waals surface area (Å²) in [5.41, 5.74) is 5.33. The molecule has 0 radical (unpaired) electrons. The van der Waals surface area contributed by atoms with Crippen LogP contribution in [0.25, 0.3) is 0 Å². The molecule has 1 fully saturated rings. The average Bonchev–Trinajstić information content (AvgIpc) is 2.28. The zero-order chi connectivity index (χ0) is 9.68. The second-order valence-corrected chi connectivity index (χ2v) is 3.04. The number of hydrogen-bond donors (Lipinski definition) is 2. The molecule has 0 atom stereocenters. The van der Waals surface area contributed by atoms with Crippen LogP contribution in [-0.4, -0.2) is 42.9 Å². The lowest BCUT2D eigenvalue weighted by atomic mass is 10.3. The SMILES string of the molecule is NCCCN1CCCNC(=O)C1=O. The van der Waals surface area contributed by atoms with E-state index in [-0.39, 0.29) is 0 Å². The van der Waals surface area contributed by atoms with Crippen molar-refractivity contribution in [2.75, 3.05) is 26.2 Å². The summed E-state index contributed by atoms with van der Waals surface area (Å²) in [6.07, 6.45) is 1.57. The molecular formula is C8H15N3O2. The maximum Gasteiger partial charge on any atom is 0.311 e. The van der Waals surface area contributed by atoms with Crippen molar-refractivity contribution >= 4 is 11.8 Å². The van der Waals surface area contributed by atoms with Crippen LogP contribution in [0.3, 0.4) is 0 Å². The molecule has 5 heteroatoms. The molecule has 1 aliphatic rings. The fourth-order valence-corrected chi connectivity index (χ4v) is 1.29. The van der Waals surface area contributed by atoms with E-state index in [4.69, 9.17) is 5.73 Å². The monoisotopic (exact) mass is 185 g/mol. The lowest BCUT2D eigenvalue weighted by molar-refractivity contribution is -0.144. The van der Waals surface area contributed by atoms with Gasteiger partial charge in [-0.05, 0) is 19.4 Å². The molecule has 2 amide bonds. The fraction of sp³-hybridized carbons (Fsp3) is 0.750. The molecule has 0 aliphatic carbocycles. The van der Waals surface area contributed by atoms with Crippen LogP contribution in [-0.2, 0) is 9.59 Å². The minimum atomic E-state index is -0.491. The molecule has 13 heavy (non-hydrogen) atoms. The predicted octanol–water partition coefficient (Wildman–Crippen LogP) is -1.32. The highest BCUT2D eigenvalue weighted by atomic mass is 16.2. The highest BCUT2D eigenvalue weighted by Crippen LogP contribution is 1.98. The van der Waals surface area contributed by atoms with Gasteiger partial charge in [-0.1, -0.05) is 0 Å². The van der Waals surface area contributed by atoms with E-state index in [1.165, 1.54) is 0 Å². The Balaban J connectivity index is 2.49. The van der Waals surface area contributed by atoms with Crippen molar-refractivity contribution in [1.29, 1.82) is 0 Å². The third-order valence-corrected chi connectivity index (χ3v) is 2.00. The number of nitrogens with zero attached hydrogens (tertiary/aromatic N) is 1. The van der Waals surface area contributed by atoms with Gasteiger partial charge < -0.3 is 16.0 Å². The molecular weight excluding hydrogens is 170 g/mol. The predicted molar refractivity (Wildman–Crippen MR) is 47.9 cm³/mol. The summed E-state index contributed by atoms with van der Waals surface area (Å²) in [5.74, 6) is -0.916. The smallest absolute Gasteiger partial charge is 0.311 e. The first-order chi connectivity index (χ1) is 6.25. The molecule has 1 rings (SSSR count). The van der Waals surface area contributed by atoms with E-state index in [9.17, 15) is 9.59 Å². The number of nitrogens with one attached hydrogen (secondary N) is 1. The highest BCUT2D eigenvalue weighted by molar-refractivity contribution is 6.35. The van der Waals surface area contributed by atoms with Gasteiger partial charge in [-0.15, -0.1) is 0 Å². The van der Waals surface area contributed by atoms with Crippen molar-refractivity contribution in [2.24, 2.45) is 5.73 Å². The number of rotatable bonds is 3. The Morgan fingerprint density at radius 3 is 2.92 bits per heavy atom. The first kappa shape index (κ1) is 9.98. The van der Waals surface area contributed by atoms with Crippen LogP contribution >= 0.6 is 0 Å². The van der Waals surface area contributed by atoms with Gasteiger partial charge in [0.05, 0.1) is 0 Å². The van der Waals surface area contributed by atoms with Gasteiger partial charge in [0.1, 0.15) is 0 Å². The minimum Gasteiger partial charge on any atom is -0.348 e. The van der Waals surface area contributed by atoms with E-state index in [0.717, 1.165) is 12.8 Å². The van der Waals surface area contributed by atoms with Gasteiger partial charge in [0.2, 0.25) is 0 Å². The Kier molecular flexibility index (Phi) is 3.70. The Bertz CT molecular complexity index is 206. The Labute approximate surface area is 77.3 Å². The van der Waals surface area contributed by atoms with E-state index < -0.39 is 11.8 Å². The normalized spacial score (nSPS) is 18.4. The molecule has 0 aromatic heterocycles. The molecule has 3 N–H and O–H groups in total. The summed E-state index contributed by atoms with van der Waals surface area (Å²) in [7, 11) is 0. The van der Waals surface area contributed by atoms with Crippen molar-refractivity contribution in [3.63, 3.8) is 0 Å². The van der Waals surface area contributed by atoms with Crippen molar-refractivity contribution < 1.29 is 9.59 Å². The van der Waals surface area contributed by atoms with Crippen LogP contribution in [0.5, 0.6) is 0 Å². The topological polar surface area (TPSA) is 75.4 Å². The van der Waals surface area contributed by atoms with Crippen LogP contribution < -0.4 is 11.1 Å². The summed E-state index contributed by atoms with van der Waals surface area (Å²) in [4.78, 5) is 23.9. The molecule has 0 spiro atoms. The second kappa shape index (κ2) is 4.81. The maximum absolute atomic E-state index is 11.3. The number of hydrogen-bond acceptors (Lipinski definition) is 3. The second-order valence-electron chi connectivity index (χ2n) is 3.04. The van der Waals surface area contributed by atoms with Crippen LogP contribution in [0.1, 0.15) is 12.8 Å². The van der Waals surface area contributed by atoms with Crippen LogP contribution in [0.15, 0.2) is 0 Å². The van der Waals surface area contributed by atoms with Crippen molar-refractivity contribution in [3.8, 4) is 0 Å².